The van der Waals surface area contributed by atoms with Crippen molar-refractivity contribution in [3.05, 3.63) is 101 Å². The summed E-state index contributed by atoms with van der Waals surface area (Å²) < 4.78 is 12.3. The van der Waals surface area contributed by atoms with Gasteiger partial charge in [0.1, 0.15) is 30.0 Å². The number of aryl methyl sites for hydroxylation is 1. The van der Waals surface area contributed by atoms with Crippen LogP contribution in [0.3, 0.4) is 0 Å². The van der Waals surface area contributed by atoms with Crippen LogP contribution in [0.1, 0.15) is 35.2 Å². The van der Waals surface area contributed by atoms with E-state index in [4.69, 9.17) is 14.5 Å². The highest BCUT2D eigenvalue weighted by atomic mass is 32.1. The third-order valence-electron chi connectivity index (χ3n) is 6.92. The number of anilines is 1. The Labute approximate surface area is 229 Å². The monoisotopic (exact) mass is 538 g/mol. The van der Waals surface area contributed by atoms with Crippen molar-refractivity contribution in [3.8, 4) is 11.5 Å². The molecule has 2 aliphatic heterocycles. The molecule has 196 valence electrons. The van der Waals surface area contributed by atoms with Crippen LogP contribution >= 0.6 is 11.3 Å². The second-order valence-electron chi connectivity index (χ2n) is 9.76. The second-order valence-corrected chi connectivity index (χ2v) is 10.8. The molecule has 1 N–H and O–H groups in total. The van der Waals surface area contributed by atoms with Crippen molar-refractivity contribution in [2.75, 3.05) is 11.5 Å². The first-order valence-corrected chi connectivity index (χ1v) is 13.5. The van der Waals surface area contributed by atoms with E-state index in [0.717, 1.165) is 27.1 Å². The van der Waals surface area contributed by atoms with Crippen molar-refractivity contribution in [2.24, 2.45) is 0 Å². The number of Topliss-reactive ketones (excluding diaryl/α,β-unsaturated/α-hetero) is 1. The number of ketones is 1. The number of nitrogens with zero attached hydrogens (tertiary/aromatic N) is 2. The quantitative estimate of drug-likeness (QED) is 0.138. The van der Waals surface area contributed by atoms with Gasteiger partial charge in [0.15, 0.2) is 5.13 Å². The zero-order chi connectivity index (χ0) is 27.3. The van der Waals surface area contributed by atoms with Gasteiger partial charge in [-0.1, -0.05) is 42.2 Å². The number of aromatic nitrogens is 1. The Hall–Kier alpha value is -4.43. The van der Waals surface area contributed by atoms with Crippen molar-refractivity contribution < 1.29 is 24.2 Å². The molecule has 6 rings (SSSR count). The molecule has 0 unspecified atom stereocenters. The summed E-state index contributed by atoms with van der Waals surface area (Å²) in [6.07, 6.45) is 2.39. The number of fused-ring (bicyclic) bond motifs is 2. The predicted molar refractivity (Wildman–Crippen MR) is 152 cm³/mol. The average Bonchev–Trinajstić information content (AvgIpc) is 3.59. The molecule has 8 heteroatoms. The number of hydrogen-bond donors (Lipinski definition) is 1. The van der Waals surface area contributed by atoms with Crippen LogP contribution in [0.5, 0.6) is 11.5 Å². The maximum absolute atomic E-state index is 13.6. The van der Waals surface area contributed by atoms with E-state index < -0.39 is 17.7 Å². The third kappa shape index (κ3) is 4.36. The number of carbonyl (C=O) groups excluding carboxylic acids is 2. The number of carbonyl (C=O) groups is 2. The lowest BCUT2D eigenvalue weighted by Crippen LogP contribution is -2.29. The summed E-state index contributed by atoms with van der Waals surface area (Å²) in [7, 11) is 0. The normalized spacial score (nSPS) is 19.8. The topological polar surface area (TPSA) is 89.0 Å². The Morgan fingerprint density at radius 3 is 2.74 bits per heavy atom. The number of rotatable bonds is 6. The second kappa shape index (κ2) is 9.71. The Morgan fingerprint density at radius 1 is 1.18 bits per heavy atom. The van der Waals surface area contributed by atoms with Gasteiger partial charge in [0, 0.05) is 12.0 Å². The lowest BCUT2D eigenvalue weighted by atomic mass is 9.94. The summed E-state index contributed by atoms with van der Waals surface area (Å²) in [4.78, 5) is 33.2. The third-order valence-corrected chi connectivity index (χ3v) is 7.93. The SMILES string of the molecule is C=CCOc1ccc([C@@H]2C(=C(O)c3ccc4c(c3)C[C@@H](C)O4)C(=O)C(=O)N2c2nc3ccc(C)cc3s2)cc1. The molecule has 0 spiro atoms. The molecule has 0 aliphatic carbocycles. The standard InChI is InChI=1S/C31H26N2O5S/c1-4-13-37-22-9-6-19(7-10-22)27-26(28(34)20-8-12-24-21(16-20)15-18(3)38-24)29(35)30(36)33(27)31-32-23-11-5-17(2)14-25(23)39-31/h4-12,14,16,18,27,34H,1,13,15H2,2-3H3/t18-,27-/m1/s1. The van der Waals surface area contributed by atoms with Gasteiger partial charge in [-0.05, 0) is 73.0 Å². The fourth-order valence-electron chi connectivity index (χ4n) is 5.09. The number of ether oxygens (including phenoxy) is 2. The van der Waals surface area contributed by atoms with E-state index in [1.165, 1.54) is 16.2 Å². The zero-order valence-corrected chi connectivity index (χ0v) is 22.3. The number of hydrogen-bond acceptors (Lipinski definition) is 7. The maximum atomic E-state index is 13.6. The van der Waals surface area contributed by atoms with Gasteiger partial charge < -0.3 is 14.6 Å². The van der Waals surface area contributed by atoms with Crippen molar-refractivity contribution in [2.45, 2.75) is 32.4 Å². The first kappa shape index (κ1) is 24.9. The first-order valence-electron chi connectivity index (χ1n) is 12.7. The fraction of sp³-hybridized carbons (Fsp3) is 0.194. The van der Waals surface area contributed by atoms with Crippen molar-refractivity contribution in [3.63, 3.8) is 0 Å². The van der Waals surface area contributed by atoms with Crippen LogP contribution in [0, 0.1) is 6.92 Å². The maximum Gasteiger partial charge on any atom is 0.301 e. The summed E-state index contributed by atoms with van der Waals surface area (Å²) in [5, 5.41) is 11.9. The molecule has 1 saturated heterocycles. The van der Waals surface area contributed by atoms with Gasteiger partial charge in [-0.25, -0.2) is 4.98 Å². The summed E-state index contributed by atoms with van der Waals surface area (Å²) in [6.45, 7) is 7.99. The van der Waals surface area contributed by atoms with Gasteiger partial charge in [0.2, 0.25) is 0 Å². The lowest BCUT2D eigenvalue weighted by Gasteiger charge is -2.23. The Morgan fingerprint density at radius 2 is 1.97 bits per heavy atom. The molecule has 2 atom stereocenters. The van der Waals surface area contributed by atoms with Crippen LogP contribution in [-0.2, 0) is 16.0 Å². The van der Waals surface area contributed by atoms with Crippen LogP contribution < -0.4 is 14.4 Å². The molecular weight excluding hydrogens is 512 g/mol. The Bertz CT molecular complexity index is 1670. The zero-order valence-electron chi connectivity index (χ0n) is 21.5. The fourth-order valence-corrected chi connectivity index (χ4v) is 6.18. The molecule has 0 saturated carbocycles. The van der Waals surface area contributed by atoms with Crippen LogP contribution in [0.25, 0.3) is 16.0 Å². The summed E-state index contributed by atoms with van der Waals surface area (Å²) in [5.41, 5.74) is 3.88. The van der Waals surface area contributed by atoms with Gasteiger partial charge in [-0.2, -0.15) is 0 Å². The Kier molecular flexibility index (Phi) is 6.19. The van der Waals surface area contributed by atoms with Crippen LogP contribution in [0.15, 0.2) is 78.9 Å². The van der Waals surface area contributed by atoms with Gasteiger partial charge in [0.25, 0.3) is 5.78 Å². The lowest BCUT2D eigenvalue weighted by molar-refractivity contribution is -0.132. The van der Waals surface area contributed by atoms with E-state index in [1.807, 2.05) is 38.1 Å². The molecular formula is C31H26N2O5S. The molecule has 7 nitrogen and oxygen atoms in total. The minimum Gasteiger partial charge on any atom is -0.507 e. The summed E-state index contributed by atoms with van der Waals surface area (Å²) >= 11 is 1.34. The smallest absolute Gasteiger partial charge is 0.301 e. The Balaban J connectivity index is 1.50. The number of thiazole rings is 1. The molecule has 3 aromatic carbocycles. The molecule has 0 radical (unpaired) electrons. The predicted octanol–water partition coefficient (Wildman–Crippen LogP) is 6.12. The number of benzene rings is 3. The van der Waals surface area contributed by atoms with Gasteiger partial charge in [0.05, 0.1) is 21.8 Å². The molecule has 39 heavy (non-hydrogen) atoms. The molecule has 1 aromatic heterocycles. The number of aliphatic hydroxyl groups excluding tert-OH is 1. The minimum atomic E-state index is -0.872. The first-order chi connectivity index (χ1) is 18.8. The highest BCUT2D eigenvalue weighted by Gasteiger charge is 2.48. The van der Waals surface area contributed by atoms with Crippen molar-refractivity contribution in [1.29, 1.82) is 0 Å². The summed E-state index contributed by atoms with van der Waals surface area (Å²) in [5.74, 6) is -0.339. The average molecular weight is 539 g/mol. The summed E-state index contributed by atoms with van der Waals surface area (Å²) in [6, 6.07) is 17.5. The van der Waals surface area contributed by atoms with Crippen LogP contribution in [0.4, 0.5) is 5.13 Å². The van der Waals surface area contributed by atoms with E-state index in [1.54, 1.807) is 42.5 Å². The highest BCUT2D eigenvalue weighted by Crippen LogP contribution is 2.45. The van der Waals surface area contributed by atoms with E-state index in [0.29, 0.717) is 35.0 Å². The molecule has 1 fully saturated rings. The van der Waals surface area contributed by atoms with E-state index in [-0.39, 0.29) is 17.4 Å². The van der Waals surface area contributed by atoms with Crippen molar-refractivity contribution >= 4 is 44.1 Å². The van der Waals surface area contributed by atoms with Crippen LogP contribution in [0.2, 0.25) is 0 Å². The molecule has 1 amide bonds. The molecule has 2 aliphatic rings. The number of aliphatic hydroxyl groups is 1. The molecule has 4 aromatic rings. The number of amides is 1. The largest absolute Gasteiger partial charge is 0.507 e. The van der Waals surface area contributed by atoms with Gasteiger partial charge in [-0.3, -0.25) is 14.5 Å². The molecule has 3 heterocycles. The highest BCUT2D eigenvalue weighted by molar-refractivity contribution is 7.22. The van der Waals surface area contributed by atoms with E-state index in [2.05, 4.69) is 6.58 Å². The minimum absolute atomic E-state index is 0.0158. The van der Waals surface area contributed by atoms with E-state index >= 15 is 0 Å². The van der Waals surface area contributed by atoms with Gasteiger partial charge in [-0.15, -0.1) is 0 Å². The molecule has 0 bridgehead atoms. The van der Waals surface area contributed by atoms with E-state index in [9.17, 15) is 14.7 Å². The van der Waals surface area contributed by atoms with Crippen LogP contribution in [-0.4, -0.2) is 34.5 Å². The van der Waals surface area contributed by atoms with Gasteiger partial charge >= 0.3 is 5.91 Å². The van der Waals surface area contributed by atoms with Crippen molar-refractivity contribution in [1.82, 2.24) is 4.98 Å².